The Morgan fingerprint density at radius 2 is 2.12 bits per heavy atom. The van der Waals surface area contributed by atoms with E-state index >= 15 is 0 Å². The number of carbonyl (C=O) groups excluding carboxylic acids is 1. The molecule has 1 amide bonds. The minimum atomic E-state index is -0.213. The fourth-order valence-electron chi connectivity index (χ4n) is 1.45. The highest BCUT2D eigenvalue weighted by Crippen LogP contribution is 2.15. The summed E-state index contributed by atoms with van der Waals surface area (Å²) >= 11 is 0. The van der Waals surface area contributed by atoms with Gasteiger partial charge in [0.05, 0.1) is 0 Å². The minimum Gasteiger partial charge on any atom is -0.307 e. The third-order valence-corrected chi connectivity index (χ3v) is 2.21. The van der Waals surface area contributed by atoms with Crippen molar-refractivity contribution in [3.05, 3.63) is 42.2 Å². The smallest absolute Gasteiger partial charge is 0.282 e. The molecule has 0 aliphatic rings. The second kappa shape index (κ2) is 4.57. The summed E-state index contributed by atoms with van der Waals surface area (Å²) in [5, 5.41) is 6.95. The first-order valence-corrected chi connectivity index (χ1v) is 4.97. The Morgan fingerprint density at radius 3 is 2.69 bits per heavy atom. The Hall–Kier alpha value is -2.17. The number of carbonyl (C=O) groups is 1. The van der Waals surface area contributed by atoms with Gasteiger partial charge in [0.15, 0.2) is 5.69 Å². The molecule has 0 aliphatic carbocycles. The van der Waals surface area contributed by atoms with Crippen LogP contribution >= 0.6 is 0 Å². The molecular weight excluding hydrogens is 206 g/mol. The summed E-state index contributed by atoms with van der Waals surface area (Å²) in [4.78, 5) is 13.6. The van der Waals surface area contributed by atoms with Crippen molar-refractivity contribution in [2.24, 2.45) is 0 Å². The first-order chi connectivity index (χ1) is 7.83. The molecule has 0 N–H and O–H groups in total. The summed E-state index contributed by atoms with van der Waals surface area (Å²) in [6.07, 6.45) is 1.31. The van der Waals surface area contributed by atoms with Gasteiger partial charge in [-0.15, -0.1) is 0 Å². The highest BCUT2D eigenvalue weighted by atomic mass is 16.6. The summed E-state index contributed by atoms with van der Waals surface area (Å²) in [5.41, 5.74) is 1.05. The van der Waals surface area contributed by atoms with Crippen LogP contribution in [-0.4, -0.2) is 22.8 Å². The largest absolute Gasteiger partial charge is 0.307 e. The molecule has 1 aromatic carbocycles. The highest BCUT2D eigenvalue weighted by Gasteiger charge is 2.18. The molecule has 0 atom stereocenters. The average molecular weight is 217 g/mol. The molecule has 2 rings (SSSR count). The van der Waals surface area contributed by atoms with Crippen LogP contribution in [0.15, 0.2) is 41.2 Å². The molecule has 2 aromatic rings. The Labute approximate surface area is 92.6 Å². The standard InChI is InChI=1S/C11H11N3O2/c1-2-14(9-6-4-3-5-7-9)11(15)10-8-12-16-13-10/h3-8H,2H2,1H3. The summed E-state index contributed by atoms with van der Waals surface area (Å²) in [6.45, 7) is 2.47. The topological polar surface area (TPSA) is 59.2 Å². The van der Waals surface area contributed by atoms with E-state index in [1.54, 1.807) is 4.90 Å². The summed E-state index contributed by atoms with van der Waals surface area (Å²) in [7, 11) is 0. The van der Waals surface area contributed by atoms with Gasteiger partial charge in [-0.3, -0.25) is 4.79 Å². The number of anilines is 1. The number of benzene rings is 1. The van der Waals surface area contributed by atoms with Crippen LogP contribution in [0.3, 0.4) is 0 Å². The van der Waals surface area contributed by atoms with Gasteiger partial charge >= 0.3 is 0 Å². The van der Waals surface area contributed by atoms with Gasteiger partial charge in [0.1, 0.15) is 6.20 Å². The summed E-state index contributed by atoms with van der Waals surface area (Å²) in [6, 6.07) is 9.40. The number of amides is 1. The summed E-state index contributed by atoms with van der Waals surface area (Å²) < 4.78 is 4.42. The Morgan fingerprint density at radius 1 is 1.38 bits per heavy atom. The molecule has 82 valence electrons. The lowest BCUT2D eigenvalue weighted by atomic mass is 10.2. The molecule has 0 bridgehead atoms. The predicted molar refractivity (Wildman–Crippen MR) is 58.1 cm³/mol. The third kappa shape index (κ3) is 1.93. The van der Waals surface area contributed by atoms with Crippen LogP contribution in [0.4, 0.5) is 5.69 Å². The van der Waals surface area contributed by atoms with E-state index in [0.29, 0.717) is 6.54 Å². The number of hydrogen-bond acceptors (Lipinski definition) is 4. The number of para-hydroxylation sites is 1. The van der Waals surface area contributed by atoms with E-state index in [4.69, 9.17) is 0 Å². The maximum Gasteiger partial charge on any atom is 0.282 e. The van der Waals surface area contributed by atoms with E-state index in [1.165, 1.54) is 6.20 Å². The molecule has 1 aromatic heterocycles. The Kier molecular flexibility index (Phi) is 2.95. The molecule has 0 fully saturated rings. The van der Waals surface area contributed by atoms with Crippen molar-refractivity contribution in [3.63, 3.8) is 0 Å². The lowest BCUT2D eigenvalue weighted by Gasteiger charge is -2.19. The molecule has 1 heterocycles. The number of aromatic nitrogens is 2. The SMILES string of the molecule is CCN(C(=O)c1cnon1)c1ccccc1. The van der Waals surface area contributed by atoms with Gasteiger partial charge in [-0.25, -0.2) is 4.63 Å². The first-order valence-electron chi connectivity index (χ1n) is 4.97. The van der Waals surface area contributed by atoms with Crippen molar-refractivity contribution in [1.82, 2.24) is 10.3 Å². The number of rotatable bonds is 3. The monoisotopic (exact) mass is 217 g/mol. The molecule has 0 spiro atoms. The van der Waals surface area contributed by atoms with Crippen molar-refractivity contribution in [1.29, 1.82) is 0 Å². The lowest BCUT2D eigenvalue weighted by Crippen LogP contribution is -2.30. The third-order valence-electron chi connectivity index (χ3n) is 2.21. The van der Waals surface area contributed by atoms with E-state index in [0.717, 1.165) is 5.69 Å². The maximum atomic E-state index is 12.0. The van der Waals surface area contributed by atoms with Gasteiger partial charge in [0.25, 0.3) is 5.91 Å². The number of hydrogen-bond donors (Lipinski definition) is 0. The zero-order chi connectivity index (χ0) is 11.4. The van der Waals surface area contributed by atoms with Crippen LogP contribution in [0.1, 0.15) is 17.4 Å². The van der Waals surface area contributed by atoms with Crippen molar-refractivity contribution in [2.75, 3.05) is 11.4 Å². The molecule has 0 aliphatic heterocycles. The molecule has 0 unspecified atom stereocenters. The summed E-state index contributed by atoms with van der Waals surface area (Å²) in [5.74, 6) is -0.213. The predicted octanol–water partition coefficient (Wildman–Crippen LogP) is 1.74. The second-order valence-corrected chi connectivity index (χ2v) is 3.18. The van der Waals surface area contributed by atoms with Crippen LogP contribution in [0, 0.1) is 0 Å². The van der Waals surface area contributed by atoms with E-state index in [1.807, 2.05) is 37.3 Å². The molecule has 5 nitrogen and oxygen atoms in total. The quantitative estimate of drug-likeness (QED) is 0.785. The van der Waals surface area contributed by atoms with Gasteiger partial charge in [-0.2, -0.15) is 0 Å². The van der Waals surface area contributed by atoms with Gasteiger partial charge in [-0.05, 0) is 24.2 Å². The van der Waals surface area contributed by atoms with Crippen LogP contribution in [0.5, 0.6) is 0 Å². The molecule has 0 saturated heterocycles. The number of nitrogens with zero attached hydrogens (tertiary/aromatic N) is 3. The van der Waals surface area contributed by atoms with Gasteiger partial charge in [0, 0.05) is 12.2 Å². The molecular formula is C11H11N3O2. The van der Waals surface area contributed by atoms with E-state index in [9.17, 15) is 4.79 Å². The lowest BCUT2D eigenvalue weighted by molar-refractivity contribution is 0.0979. The second-order valence-electron chi connectivity index (χ2n) is 3.18. The molecule has 16 heavy (non-hydrogen) atoms. The zero-order valence-electron chi connectivity index (χ0n) is 8.83. The fraction of sp³-hybridized carbons (Fsp3) is 0.182. The van der Waals surface area contributed by atoms with Crippen molar-refractivity contribution in [2.45, 2.75) is 6.92 Å². The van der Waals surface area contributed by atoms with Crippen molar-refractivity contribution in [3.8, 4) is 0 Å². The maximum absolute atomic E-state index is 12.0. The van der Waals surface area contributed by atoms with Crippen molar-refractivity contribution < 1.29 is 9.42 Å². The Balaban J connectivity index is 2.27. The molecule has 0 radical (unpaired) electrons. The molecule has 0 saturated carbocycles. The van der Waals surface area contributed by atoms with E-state index < -0.39 is 0 Å². The van der Waals surface area contributed by atoms with Crippen LogP contribution in [0.25, 0.3) is 0 Å². The zero-order valence-corrected chi connectivity index (χ0v) is 8.83. The normalized spacial score (nSPS) is 10.1. The first kappa shape index (κ1) is 10.4. The van der Waals surface area contributed by atoms with Crippen LogP contribution < -0.4 is 4.90 Å². The van der Waals surface area contributed by atoms with Gasteiger partial charge in [-0.1, -0.05) is 23.4 Å². The molecule has 5 heteroatoms. The van der Waals surface area contributed by atoms with Gasteiger partial charge in [0.2, 0.25) is 0 Å². The van der Waals surface area contributed by atoms with Crippen molar-refractivity contribution >= 4 is 11.6 Å². The minimum absolute atomic E-state index is 0.213. The van der Waals surface area contributed by atoms with Crippen LogP contribution in [-0.2, 0) is 0 Å². The average Bonchev–Trinajstić information content (AvgIpc) is 2.85. The fourth-order valence-corrected chi connectivity index (χ4v) is 1.45. The van der Waals surface area contributed by atoms with E-state index in [2.05, 4.69) is 14.9 Å². The Bertz CT molecular complexity index is 453. The van der Waals surface area contributed by atoms with E-state index in [-0.39, 0.29) is 11.6 Å². The van der Waals surface area contributed by atoms with Gasteiger partial charge < -0.3 is 4.90 Å². The highest BCUT2D eigenvalue weighted by molar-refractivity contribution is 6.04. The van der Waals surface area contributed by atoms with Crippen LogP contribution in [0.2, 0.25) is 0 Å².